The van der Waals surface area contributed by atoms with Gasteiger partial charge in [-0.05, 0) is 30.5 Å². The molecule has 142 valence electrons. The van der Waals surface area contributed by atoms with Crippen molar-refractivity contribution in [2.75, 3.05) is 13.2 Å². The van der Waals surface area contributed by atoms with Gasteiger partial charge in [-0.15, -0.1) is 0 Å². The van der Waals surface area contributed by atoms with Crippen molar-refractivity contribution in [1.29, 1.82) is 0 Å². The molecule has 0 saturated carbocycles. The molecule has 0 saturated heterocycles. The summed E-state index contributed by atoms with van der Waals surface area (Å²) in [7, 11) is 0. The van der Waals surface area contributed by atoms with Gasteiger partial charge >= 0.3 is 5.97 Å². The average Bonchev–Trinajstić information content (AvgIpc) is 2.74. The van der Waals surface area contributed by atoms with Crippen molar-refractivity contribution in [3.63, 3.8) is 0 Å². The molecule has 0 aliphatic carbocycles. The summed E-state index contributed by atoms with van der Waals surface area (Å²) < 4.78 is 4.99. The number of nitrogens with one attached hydrogen (secondary N) is 1. The molecule has 0 unspecified atom stereocenters. The van der Waals surface area contributed by atoms with E-state index in [2.05, 4.69) is 22.4 Å². The van der Waals surface area contributed by atoms with E-state index in [1.807, 2.05) is 48.5 Å². The van der Waals surface area contributed by atoms with E-state index in [-0.39, 0.29) is 12.5 Å². The number of carbonyl (C=O) groups is 2. The molecule has 0 spiro atoms. The van der Waals surface area contributed by atoms with Crippen LogP contribution >= 0.6 is 0 Å². The Balaban J connectivity index is 1.40. The smallest absolute Gasteiger partial charge is 0.331 e. The quantitative estimate of drug-likeness (QED) is 0.372. The lowest BCUT2D eigenvalue weighted by Crippen LogP contribution is -2.29. The Hall–Kier alpha value is -3.47. The Kier molecular flexibility index (Phi) is 6.90. The Labute approximate surface area is 164 Å². The third-order valence-electron chi connectivity index (χ3n) is 4.22. The maximum absolute atomic E-state index is 11.9. The van der Waals surface area contributed by atoms with Crippen LogP contribution in [0, 0.1) is 0 Å². The molecule has 0 atom stereocenters. The first-order valence-electron chi connectivity index (χ1n) is 9.21. The Morgan fingerprint density at radius 2 is 1.82 bits per heavy atom. The number of amides is 1. The van der Waals surface area contributed by atoms with Crippen LogP contribution in [0.2, 0.25) is 0 Å². The second-order valence-electron chi connectivity index (χ2n) is 6.30. The first-order valence-corrected chi connectivity index (χ1v) is 9.21. The fraction of sp³-hybridized carbons (Fsp3) is 0.174. The molecular formula is C23H22N2O3. The molecule has 2 aromatic carbocycles. The average molecular weight is 374 g/mol. The summed E-state index contributed by atoms with van der Waals surface area (Å²) in [5.41, 5.74) is 2.86. The molecule has 0 aliphatic rings. The van der Waals surface area contributed by atoms with Crippen molar-refractivity contribution in [2.45, 2.75) is 12.8 Å². The maximum atomic E-state index is 11.9. The highest BCUT2D eigenvalue weighted by molar-refractivity contribution is 5.93. The summed E-state index contributed by atoms with van der Waals surface area (Å²) in [6.45, 7) is 0.255. The van der Waals surface area contributed by atoms with Crippen molar-refractivity contribution in [3.05, 3.63) is 84.1 Å². The van der Waals surface area contributed by atoms with Crippen LogP contribution in [0.4, 0.5) is 0 Å². The van der Waals surface area contributed by atoms with Crippen molar-refractivity contribution in [3.8, 4) is 0 Å². The van der Waals surface area contributed by atoms with Gasteiger partial charge in [0.15, 0.2) is 6.61 Å². The number of benzene rings is 2. The number of esters is 1. The normalized spacial score (nSPS) is 10.9. The van der Waals surface area contributed by atoms with Gasteiger partial charge in [0.05, 0.1) is 5.52 Å². The molecule has 5 heteroatoms. The van der Waals surface area contributed by atoms with Gasteiger partial charge in [-0.25, -0.2) is 4.79 Å². The van der Waals surface area contributed by atoms with Crippen LogP contribution in [-0.4, -0.2) is 30.0 Å². The number of hydrogen-bond acceptors (Lipinski definition) is 4. The summed E-state index contributed by atoms with van der Waals surface area (Å²) in [4.78, 5) is 28.0. The molecule has 0 radical (unpaired) electrons. The summed E-state index contributed by atoms with van der Waals surface area (Å²) >= 11 is 0. The predicted octanol–water partition coefficient (Wildman–Crippen LogP) is 3.54. The number of rotatable bonds is 8. The largest absolute Gasteiger partial charge is 0.452 e. The number of fused-ring (bicyclic) bond motifs is 1. The van der Waals surface area contributed by atoms with Gasteiger partial charge in [-0.2, -0.15) is 0 Å². The molecule has 0 aliphatic heterocycles. The van der Waals surface area contributed by atoms with Crippen LogP contribution in [0.15, 0.2) is 72.9 Å². The van der Waals surface area contributed by atoms with E-state index in [4.69, 9.17) is 4.74 Å². The zero-order valence-corrected chi connectivity index (χ0v) is 15.5. The number of para-hydroxylation sites is 1. The van der Waals surface area contributed by atoms with Gasteiger partial charge in [-0.3, -0.25) is 9.78 Å². The van der Waals surface area contributed by atoms with E-state index in [1.165, 1.54) is 11.6 Å². The van der Waals surface area contributed by atoms with Gasteiger partial charge in [-0.1, -0.05) is 54.6 Å². The number of carbonyl (C=O) groups excluding carboxylic acids is 2. The van der Waals surface area contributed by atoms with Crippen LogP contribution in [0.3, 0.4) is 0 Å². The lowest BCUT2D eigenvalue weighted by atomic mass is 10.1. The second kappa shape index (κ2) is 10.0. The van der Waals surface area contributed by atoms with Crippen LogP contribution in [0.5, 0.6) is 0 Å². The first-order chi connectivity index (χ1) is 13.7. The standard InChI is InChI=1S/C23H22N2O3/c26-21(24-15-5-9-18-7-2-1-3-8-18)17-28-22(27)14-13-20-11-4-10-19-12-6-16-25-23(19)20/h1-4,6-8,10-14,16H,5,9,15,17H2,(H,24,26)/b14-13+. The predicted molar refractivity (Wildman–Crippen MR) is 110 cm³/mol. The van der Waals surface area contributed by atoms with Gasteiger partial charge in [0, 0.05) is 29.8 Å². The molecule has 0 bridgehead atoms. The lowest BCUT2D eigenvalue weighted by Gasteiger charge is -2.05. The minimum absolute atomic E-state index is 0.289. The number of pyridine rings is 1. The van der Waals surface area contributed by atoms with E-state index >= 15 is 0 Å². The van der Waals surface area contributed by atoms with Crippen molar-refractivity contribution >= 4 is 28.9 Å². The van der Waals surface area contributed by atoms with Gasteiger partial charge in [0.25, 0.3) is 5.91 Å². The highest BCUT2D eigenvalue weighted by Crippen LogP contribution is 2.17. The SMILES string of the molecule is O=C(COC(=O)/C=C/c1cccc2cccnc12)NCCCc1ccccc1. The Morgan fingerprint density at radius 3 is 2.68 bits per heavy atom. The summed E-state index contributed by atoms with van der Waals surface area (Å²) in [6.07, 6.45) is 6.39. The number of aromatic nitrogens is 1. The Morgan fingerprint density at radius 1 is 1.00 bits per heavy atom. The third-order valence-corrected chi connectivity index (χ3v) is 4.22. The number of ether oxygens (including phenoxy) is 1. The third kappa shape index (κ3) is 5.77. The number of hydrogen-bond donors (Lipinski definition) is 1. The van der Waals surface area contributed by atoms with Crippen LogP contribution in [-0.2, 0) is 20.7 Å². The molecule has 28 heavy (non-hydrogen) atoms. The monoisotopic (exact) mass is 374 g/mol. The van der Waals surface area contributed by atoms with Crippen LogP contribution in [0.25, 0.3) is 17.0 Å². The van der Waals surface area contributed by atoms with Crippen LogP contribution < -0.4 is 5.32 Å². The first kappa shape index (κ1) is 19.3. The molecule has 5 nitrogen and oxygen atoms in total. The van der Waals surface area contributed by atoms with Gasteiger partial charge < -0.3 is 10.1 Å². The Bertz CT molecular complexity index is 963. The summed E-state index contributed by atoms with van der Waals surface area (Å²) in [6, 6.07) is 19.6. The minimum atomic E-state index is -0.563. The number of aryl methyl sites for hydroxylation is 1. The fourth-order valence-electron chi connectivity index (χ4n) is 2.82. The van der Waals surface area contributed by atoms with Gasteiger partial charge in [0.1, 0.15) is 0 Å². The number of nitrogens with zero attached hydrogens (tertiary/aromatic N) is 1. The lowest BCUT2D eigenvalue weighted by molar-refractivity contribution is -0.143. The zero-order valence-electron chi connectivity index (χ0n) is 15.5. The topological polar surface area (TPSA) is 68.3 Å². The van der Waals surface area contributed by atoms with E-state index in [0.717, 1.165) is 29.3 Å². The summed E-state index contributed by atoms with van der Waals surface area (Å²) in [5.74, 6) is -0.867. The molecule has 1 amide bonds. The molecule has 1 heterocycles. The van der Waals surface area contributed by atoms with E-state index < -0.39 is 5.97 Å². The maximum Gasteiger partial charge on any atom is 0.331 e. The van der Waals surface area contributed by atoms with Gasteiger partial charge in [0.2, 0.25) is 0 Å². The molecular weight excluding hydrogens is 352 g/mol. The zero-order chi connectivity index (χ0) is 19.6. The summed E-state index contributed by atoms with van der Waals surface area (Å²) in [5, 5.41) is 3.75. The fourth-order valence-corrected chi connectivity index (χ4v) is 2.82. The van der Waals surface area contributed by atoms with Crippen molar-refractivity contribution < 1.29 is 14.3 Å². The van der Waals surface area contributed by atoms with E-state index in [0.29, 0.717) is 6.54 Å². The molecule has 1 aromatic heterocycles. The highest BCUT2D eigenvalue weighted by atomic mass is 16.5. The minimum Gasteiger partial charge on any atom is -0.452 e. The van der Waals surface area contributed by atoms with Crippen molar-refractivity contribution in [2.24, 2.45) is 0 Å². The molecule has 3 aromatic rings. The highest BCUT2D eigenvalue weighted by Gasteiger charge is 2.05. The van der Waals surface area contributed by atoms with Crippen LogP contribution in [0.1, 0.15) is 17.5 Å². The van der Waals surface area contributed by atoms with E-state index in [1.54, 1.807) is 12.3 Å². The molecule has 0 fully saturated rings. The van der Waals surface area contributed by atoms with E-state index in [9.17, 15) is 9.59 Å². The second-order valence-corrected chi connectivity index (χ2v) is 6.30. The molecule has 1 N–H and O–H groups in total. The van der Waals surface area contributed by atoms with Crippen molar-refractivity contribution in [1.82, 2.24) is 10.3 Å². The molecule has 3 rings (SSSR count).